The number of rotatable bonds is 8. The molecular formula is C21H26FN3O2. The van der Waals surface area contributed by atoms with E-state index in [0.717, 1.165) is 50.4 Å². The van der Waals surface area contributed by atoms with Crippen LogP contribution in [0.3, 0.4) is 0 Å². The number of nitrogens with zero attached hydrogens (tertiary/aromatic N) is 2. The van der Waals surface area contributed by atoms with Crippen molar-refractivity contribution in [1.82, 2.24) is 9.80 Å². The van der Waals surface area contributed by atoms with Crippen LogP contribution in [0.15, 0.2) is 48.5 Å². The summed E-state index contributed by atoms with van der Waals surface area (Å²) in [7, 11) is 0. The van der Waals surface area contributed by atoms with E-state index in [0.29, 0.717) is 6.61 Å². The molecule has 0 radical (unpaired) electrons. The predicted molar refractivity (Wildman–Crippen MR) is 104 cm³/mol. The normalized spacial score (nSPS) is 15.7. The molecule has 1 heterocycles. The summed E-state index contributed by atoms with van der Waals surface area (Å²) in [5.41, 5.74) is 8.51. The minimum atomic E-state index is -0.431. The maximum absolute atomic E-state index is 13.2. The van der Waals surface area contributed by atoms with Gasteiger partial charge in [0.05, 0.1) is 6.61 Å². The first kappa shape index (κ1) is 19.5. The molecule has 1 amide bonds. The fourth-order valence-corrected chi connectivity index (χ4v) is 3.35. The number of hydrogen-bond acceptors (Lipinski definition) is 4. The van der Waals surface area contributed by atoms with Crippen molar-refractivity contribution in [2.24, 2.45) is 5.73 Å². The van der Waals surface area contributed by atoms with Gasteiger partial charge in [-0.15, -0.1) is 0 Å². The van der Waals surface area contributed by atoms with E-state index in [9.17, 15) is 9.18 Å². The number of ether oxygens (including phenoxy) is 1. The minimum Gasteiger partial charge on any atom is -0.370 e. The molecule has 0 spiro atoms. The molecule has 1 fully saturated rings. The highest BCUT2D eigenvalue weighted by Gasteiger charge is 2.18. The van der Waals surface area contributed by atoms with Crippen LogP contribution in [-0.2, 0) is 16.1 Å². The Morgan fingerprint density at radius 1 is 1.00 bits per heavy atom. The number of benzene rings is 2. The average molecular weight is 371 g/mol. The van der Waals surface area contributed by atoms with E-state index in [1.165, 1.54) is 17.7 Å². The number of primary amides is 1. The van der Waals surface area contributed by atoms with Crippen molar-refractivity contribution in [1.29, 1.82) is 0 Å². The largest absolute Gasteiger partial charge is 0.370 e. The first-order valence-corrected chi connectivity index (χ1v) is 9.26. The van der Waals surface area contributed by atoms with E-state index in [4.69, 9.17) is 10.5 Å². The second kappa shape index (κ2) is 9.60. The lowest BCUT2D eigenvalue weighted by molar-refractivity contribution is -0.122. The van der Waals surface area contributed by atoms with Crippen LogP contribution in [0.1, 0.15) is 5.56 Å². The molecule has 27 heavy (non-hydrogen) atoms. The first-order valence-electron chi connectivity index (χ1n) is 9.26. The van der Waals surface area contributed by atoms with Crippen molar-refractivity contribution in [2.75, 3.05) is 45.9 Å². The molecule has 2 N–H and O–H groups in total. The number of hydrogen-bond donors (Lipinski definition) is 1. The van der Waals surface area contributed by atoms with Crippen LogP contribution in [-0.4, -0.2) is 61.6 Å². The van der Waals surface area contributed by atoms with Crippen LogP contribution >= 0.6 is 0 Å². The van der Waals surface area contributed by atoms with E-state index in [1.54, 1.807) is 0 Å². The van der Waals surface area contributed by atoms with Gasteiger partial charge >= 0.3 is 0 Å². The zero-order valence-corrected chi connectivity index (χ0v) is 15.4. The Morgan fingerprint density at radius 3 is 2.37 bits per heavy atom. The van der Waals surface area contributed by atoms with Crippen molar-refractivity contribution in [3.05, 3.63) is 59.9 Å². The summed E-state index contributed by atoms with van der Waals surface area (Å²) in [6.07, 6.45) is 0. The molecule has 6 heteroatoms. The third-order valence-electron chi connectivity index (χ3n) is 4.83. The van der Waals surface area contributed by atoms with Crippen molar-refractivity contribution < 1.29 is 13.9 Å². The zero-order valence-electron chi connectivity index (χ0n) is 15.4. The van der Waals surface area contributed by atoms with E-state index < -0.39 is 5.91 Å². The van der Waals surface area contributed by atoms with Crippen molar-refractivity contribution in [3.63, 3.8) is 0 Å². The summed E-state index contributed by atoms with van der Waals surface area (Å²) in [6, 6.07) is 15.0. The molecule has 0 aliphatic carbocycles. The molecule has 3 rings (SSSR count). The molecule has 0 unspecified atom stereocenters. The lowest BCUT2D eigenvalue weighted by atomic mass is 9.99. The lowest BCUT2D eigenvalue weighted by Crippen LogP contribution is -2.46. The van der Waals surface area contributed by atoms with Gasteiger partial charge in [-0.1, -0.05) is 36.4 Å². The molecule has 2 aromatic carbocycles. The van der Waals surface area contributed by atoms with Crippen molar-refractivity contribution in [2.45, 2.75) is 6.54 Å². The summed E-state index contributed by atoms with van der Waals surface area (Å²) in [4.78, 5) is 15.4. The molecule has 0 atom stereocenters. The average Bonchev–Trinajstić information content (AvgIpc) is 2.68. The quantitative estimate of drug-likeness (QED) is 0.722. The predicted octanol–water partition coefficient (Wildman–Crippen LogP) is 2.11. The number of nitrogens with two attached hydrogens (primary N) is 1. The standard InChI is InChI=1S/C21H26FN3O2/c22-19-7-5-17(6-8-19)20-4-2-1-3-18(20)15-25-11-9-24(10-12-25)13-14-27-16-21(23)26/h1-8H,9-16H2,(H2,23,26). The topological polar surface area (TPSA) is 58.8 Å². The van der Waals surface area contributed by atoms with Crippen LogP contribution < -0.4 is 5.73 Å². The van der Waals surface area contributed by atoms with Gasteiger partial charge in [0.25, 0.3) is 0 Å². The van der Waals surface area contributed by atoms with Crippen LogP contribution in [0.5, 0.6) is 0 Å². The smallest absolute Gasteiger partial charge is 0.243 e. The maximum Gasteiger partial charge on any atom is 0.243 e. The Morgan fingerprint density at radius 2 is 1.67 bits per heavy atom. The molecule has 0 bridgehead atoms. The Kier molecular flexibility index (Phi) is 6.92. The highest BCUT2D eigenvalue weighted by Crippen LogP contribution is 2.25. The molecule has 5 nitrogen and oxygen atoms in total. The highest BCUT2D eigenvalue weighted by atomic mass is 19.1. The maximum atomic E-state index is 13.2. The summed E-state index contributed by atoms with van der Waals surface area (Å²) in [5, 5.41) is 0. The number of amides is 1. The number of carbonyl (C=O) groups excluding carboxylic acids is 1. The van der Waals surface area contributed by atoms with Crippen LogP contribution in [0.2, 0.25) is 0 Å². The Hall–Kier alpha value is -2.28. The third kappa shape index (κ3) is 5.85. The Labute approximate surface area is 159 Å². The van der Waals surface area contributed by atoms with E-state index in [-0.39, 0.29) is 12.4 Å². The number of carbonyl (C=O) groups is 1. The molecule has 0 aromatic heterocycles. The molecule has 144 valence electrons. The summed E-state index contributed by atoms with van der Waals surface area (Å²) in [5.74, 6) is -0.646. The molecular weight excluding hydrogens is 345 g/mol. The Balaban J connectivity index is 1.52. The number of halogens is 1. The van der Waals surface area contributed by atoms with Crippen LogP contribution in [0, 0.1) is 5.82 Å². The fraction of sp³-hybridized carbons (Fsp3) is 0.381. The van der Waals surface area contributed by atoms with Gasteiger partial charge in [-0.25, -0.2) is 4.39 Å². The second-order valence-electron chi connectivity index (χ2n) is 6.80. The van der Waals surface area contributed by atoms with E-state index in [1.807, 2.05) is 18.2 Å². The molecule has 1 aliphatic heterocycles. The van der Waals surface area contributed by atoms with Crippen molar-refractivity contribution in [3.8, 4) is 11.1 Å². The van der Waals surface area contributed by atoms with Gasteiger partial charge < -0.3 is 10.5 Å². The SMILES string of the molecule is NC(=O)COCCN1CCN(Cc2ccccc2-c2ccc(F)cc2)CC1. The summed E-state index contributed by atoms with van der Waals surface area (Å²) in [6.45, 7) is 6.10. The van der Waals surface area contributed by atoms with Gasteiger partial charge in [0.1, 0.15) is 12.4 Å². The van der Waals surface area contributed by atoms with Crippen LogP contribution in [0.25, 0.3) is 11.1 Å². The number of piperazine rings is 1. The lowest BCUT2D eigenvalue weighted by Gasteiger charge is -2.35. The monoisotopic (exact) mass is 371 g/mol. The minimum absolute atomic E-state index is 0.0138. The first-order chi connectivity index (χ1) is 13.1. The van der Waals surface area contributed by atoms with Crippen LogP contribution in [0.4, 0.5) is 4.39 Å². The van der Waals surface area contributed by atoms with Gasteiger partial charge in [-0.05, 0) is 28.8 Å². The van der Waals surface area contributed by atoms with Gasteiger partial charge in [-0.2, -0.15) is 0 Å². The summed E-state index contributed by atoms with van der Waals surface area (Å²) >= 11 is 0. The zero-order chi connectivity index (χ0) is 19.1. The van der Waals surface area contributed by atoms with Crippen molar-refractivity contribution >= 4 is 5.91 Å². The fourth-order valence-electron chi connectivity index (χ4n) is 3.35. The van der Waals surface area contributed by atoms with Gasteiger partial charge in [0.15, 0.2) is 0 Å². The van der Waals surface area contributed by atoms with E-state index >= 15 is 0 Å². The van der Waals surface area contributed by atoms with Gasteiger partial charge in [0.2, 0.25) is 5.91 Å². The Bertz CT molecular complexity index is 743. The van der Waals surface area contributed by atoms with Gasteiger partial charge in [-0.3, -0.25) is 14.6 Å². The molecule has 2 aromatic rings. The highest BCUT2D eigenvalue weighted by molar-refractivity contribution is 5.74. The molecule has 0 saturated carbocycles. The third-order valence-corrected chi connectivity index (χ3v) is 4.83. The second-order valence-corrected chi connectivity index (χ2v) is 6.80. The summed E-state index contributed by atoms with van der Waals surface area (Å²) < 4.78 is 18.5. The molecule has 1 aliphatic rings. The van der Waals surface area contributed by atoms with Gasteiger partial charge in [0, 0.05) is 39.3 Å². The van der Waals surface area contributed by atoms with E-state index in [2.05, 4.69) is 28.0 Å². The molecule has 1 saturated heterocycles.